The predicted molar refractivity (Wildman–Crippen MR) is 83.5 cm³/mol. The predicted octanol–water partition coefficient (Wildman–Crippen LogP) is 1.58. The monoisotopic (exact) mass is 322 g/mol. The number of carbonyl (C=O) groups is 2. The van der Waals surface area contributed by atoms with Crippen LogP contribution in [-0.4, -0.2) is 41.8 Å². The standard InChI is InChI=1S/C17H25NO5/c1-12(22-11-13-9-7-6-8-10-13)14(15(19)20)18(5)16(21)23-17(2,3)4/h6-10,12,14H,11H2,1-5H3,(H,19,20)/p-1/t12-,14+/m1/s1. The molecule has 1 rings (SSSR count). The van der Waals surface area contributed by atoms with Crippen LogP contribution in [0, 0.1) is 0 Å². The van der Waals surface area contributed by atoms with Crippen molar-refractivity contribution in [3.63, 3.8) is 0 Å². The Bertz CT molecular complexity index is 524. The number of carboxylic acids is 1. The van der Waals surface area contributed by atoms with E-state index < -0.39 is 29.8 Å². The van der Waals surface area contributed by atoms with Crippen LogP contribution >= 0.6 is 0 Å². The van der Waals surface area contributed by atoms with Crippen molar-refractivity contribution in [1.82, 2.24) is 4.90 Å². The van der Waals surface area contributed by atoms with Crippen molar-refractivity contribution in [3.05, 3.63) is 35.9 Å². The molecule has 128 valence electrons. The molecule has 0 N–H and O–H groups in total. The maximum Gasteiger partial charge on any atom is 0.410 e. The van der Waals surface area contributed by atoms with Crippen LogP contribution in [0.5, 0.6) is 0 Å². The highest BCUT2D eigenvalue weighted by atomic mass is 16.6. The van der Waals surface area contributed by atoms with E-state index in [1.165, 1.54) is 7.05 Å². The van der Waals surface area contributed by atoms with Crippen molar-refractivity contribution in [1.29, 1.82) is 0 Å². The van der Waals surface area contributed by atoms with Crippen LogP contribution in [0.3, 0.4) is 0 Å². The average Bonchev–Trinajstić information content (AvgIpc) is 2.44. The van der Waals surface area contributed by atoms with Crippen LogP contribution in [0.1, 0.15) is 33.3 Å². The molecule has 1 aromatic rings. The summed E-state index contributed by atoms with van der Waals surface area (Å²) in [6.45, 7) is 6.96. The molecular weight excluding hydrogens is 298 g/mol. The van der Waals surface area contributed by atoms with Gasteiger partial charge in [-0.25, -0.2) is 4.79 Å². The van der Waals surface area contributed by atoms with Crippen molar-refractivity contribution in [3.8, 4) is 0 Å². The molecular formula is C17H24NO5-. The number of carbonyl (C=O) groups excluding carboxylic acids is 2. The fraction of sp³-hybridized carbons (Fsp3) is 0.529. The lowest BCUT2D eigenvalue weighted by Crippen LogP contribution is -2.55. The van der Waals surface area contributed by atoms with Gasteiger partial charge < -0.3 is 24.3 Å². The lowest BCUT2D eigenvalue weighted by molar-refractivity contribution is -0.314. The molecule has 0 radical (unpaired) electrons. The van der Waals surface area contributed by atoms with Gasteiger partial charge in [-0.3, -0.25) is 0 Å². The molecule has 6 nitrogen and oxygen atoms in total. The summed E-state index contributed by atoms with van der Waals surface area (Å²) in [6, 6.07) is 8.12. The van der Waals surface area contributed by atoms with E-state index in [2.05, 4.69) is 0 Å². The largest absolute Gasteiger partial charge is 0.548 e. The normalized spacial score (nSPS) is 14.0. The molecule has 2 atom stereocenters. The Morgan fingerprint density at radius 2 is 1.78 bits per heavy atom. The molecule has 0 unspecified atom stereocenters. The Morgan fingerprint density at radius 3 is 2.26 bits per heavy atom. The minimum atomic E-state index is -1.39. The zero-order chi connectivity index (χ0) is 17.6. The highest BCUT2D eigenvalue weighted by molar-refractivity contribution is 5.79. The fourth-order valence-corrected chi connectivity index (χ4v) is 2.01. The van der Waals surface area contributed by atoms with E-state index >= 15 is 0 Å². The first-order valence-corrected chi connectivity index (χ1v) is 7.44. The summed E-state index contributed by atoms with van der Waals surface area (Å²) >= 11 is 0. The van der Waals surface area contributed by atoms with E-state index in [9.17, 15) is 14.7 Å². The highest BCUT2D eigenvalue weighted by Crippen LogP contribution is 2.14. The molecule has 23 heavy (non-hydrogen) atoms. The number of nitrogens with zero attached hydrogens (tertiary/aromatic N) is 1. The lowest BCUT2D eigenvalue weighted by atomic mass is 10.1. The van der Waals surface area contributed by atoms with Gasteiger partial charge in [0.2, 0.25) is 0 Å². The second-order valence-electron chi connectivity index (χ2n) is 6.36. The van der Waals surface area contributed by atoms with E-state index in [1.807, 2.05) is 30.3 Å². The summed E-state index contributed by atoms with van der Waals surface area (Å²) in [6.07, 6.45) is -1.49. The van der Waals surface area contributed by atoms with Crippen LogP contribution in [0.25, 0.3) is 0 Å². The maximum absolute atomic E-state index is 12.0. The minimum Gasteiger partial charge on any atom is -0.548 e. The smallest absolute Gasteiger partial charge is 0.410 e. The second-order valence-corrected chi connectivity index (χ2v) is 6.36. The molecule has 0 aliphatic carbocycles. The van der Waals surface area contributed by atoms with Crippen molar-refractivity contribution in [2.75, 3.05) is 7.05 Å². The summed E-state index contributed by atoms with van der Waals surface area (Å²) < 4.78 is 10.8. The van der Waals surface area contributed by atoms with Crippen molar-refractivity contribution >= 4 is 12.1 Å². The molecule has 0 aromatic heterocycles. The van der Waals surface area contributed by atoms with Gasteiger partial charge >= 0.3 is 6.09 Å². The SMILES string of the molecule is C[C@@H](OCc1ccccc1)[C@@H](C(=O)[O-])N(C)C(=O)OC(C)(C)C. The Hall–Kier alpha value is -2.08. The molecule has 0 spiro atoms. The van der Waals surface area contributed by atoms with E-state index in [0.717, 1.165) is 10.5 Å². The van der Waals surface area contributed by atoms with Crippen LogP contribution in [-0.2, 0) is 20.9 Å². The first-order valence-electron chi connectivity index (χ1n) is 7.44. The van der Waals surface area contributed by atoms with Gasteiger partial charge in [-0.05, 0) is 33.3 Å². The quantitative estimate of drug-likeness (QED) is 0.794. The highest BCUT2D eigenvalue weighted by Gasteiger charge is 2.30. The van der Waals surface area contributed by atoms with Gasteiger partial charge in [0.15, 0.2) is 0 Å². The fourth-order valence-electron chi connectivity index (χ4n) is 2.01. The number of hydrogen-bond acceptors (Lipinski definition) is 5. The van der Waals surface area contributed by atoms with Crippen molar-refractivity contribution in [2.24, 2.45) is 0 Å². The molecule has 0 aliphatic heterocycles. The number of benzene rings is 1. The van der Waals surface area contributed by atoms with Crippen LogP contribution in [0.15, 0.2) is 30.3 Å². The lowest BCUT2D eigenvalue weighted by Gasteiger charge is -2.34. The average molecular weight is 322 g/mol. The Morgan fingerprint density at radius 1 is 1.22 bits per heavy atom. The number of aliphatic carboxylic acids is 1. The Kier molecular flexibility index (Phi) is 6.57. The van der Waals surface area contributed by atoms with Gasteiger partial charge in [-0.15, -0.1) is 0 Å². The Balaban J connectivity index is 2.72. The van der Waals surface area contributed by atoms with Crippen LogP contribution in [0.4, 0.5) is 4.79 Å². The third-order valence-electron chi connectivity index (χ3n) is 3.14. The number of ether oxygens (including phenoxy) is 2. The summed E-state index contributed by atoms with van der Waals surface area (Å²) in [5, 5.41) is 11.4. The Labute approximate surface area is 137 Å². The van der Waals surface area contributed by atoms with E-state index in [0.29, 0.717) is 0 Å². The number of amides is 1. The number of hydrogen-bond donors (Lipinski definition) is 0. The molecule has 0 fully saturated rings. The van der Waals surface area contributed by atoms with Gasteiger partial charge in [-0.2, -0.15) is 0 Å². The third-order valence-corrected chi connectivity index (χ3v) is 3.14. The van der Waals surface area contributed by atoms with Gasteiger partial charge in [0.25, 0.3) is 0 Å². The molecule has 6 heteroatoms. The second kappa shape index (κ2) is 7.97. The first kappa shape index (κ1) is 19.0. The van der Waals surface area contributed by atoms with Crippen LogP contribution < -0.4 is 5.11 Å². The van der Waals surface area contributed by atoms with E-state index in [-0.39, 0.29) is 6.61 Å². The molecule has 0 heterocycles. The van der Waals surface area contributed by atoms with E-state index in [1.54, 1.807) is 27.7 Å². The maximum atomic E-state index is 12.0. The minimum absolute atomic E-state index is 0.244. The summed E-state index contributed by atoms with van der Waals surface area (Å²) in [4.78, 5) is 24.5. The topological polar surface area (TPSA) is 78.9 Å². The van der Waals surface area contributed by atoms with Gasteiger partial charge in [-0.1, -0.05) is 30.3 Å². The van der Waals surface area contributed by atoms with Gasteiger partial charge in [0.05, 0.1) is 18.7 Å². The number of likely N-dealkylation sites (N-methyl/N-ethyl adjacent to an activating group) is 1. The summed E-state index contributed by atoms with van der Waals surface area (Å²) in [7, 11) is 1.36. The summed E-state index contributed by atoms with van der Waals surface area (Å²) in [5.41, 5.74) is 0.201. The molecule has 0 saturated heterocycles. The van der Waals surface area contributed by atoms with E-state index in [4.69, 9.17) is 9.47 Å². The van der Waals surface area contributed by atoms with Crippen molar-refractivity contribution < 1.29 is 24.2 Å². The van der Waals surface area contributed by atoms with Gasteiger partial charge in [0.1, 0.15) is 11.6 Å². The summed E-state index contributed by atoms with van der Waals surface area (Å²) in [5.74, 6) is -1.39. The number of rotatable bonds is 6. The zero-order valence-corrected chi connectivity index (χ0v) is 14.2. The molecule has 0 saturated carbocycles. The molecule has 1 amide bonds. The molecule has 1 aromatic carbocycles. The molecule has 0 bridgehead atoms. The van der Waals surface area contributed by atoms with Crippen LogP contribution in [0.2, 0.25) is 0 Å². The van der Waals surface area contributed by atoms with Gasteiger partial charge in [0, 0.05) is 7.05 Å². The third kappa shape index (κ3) is 6.28. The first-order chi connectivity index (χ1) is 10.6. The zero-order valence-electron chi connectivity index (χ0n) is 14.2. The molecule has 0 aliphatic rings. The van der Waals surface area contributed by atoms with Crippen molar-refractivity contribution in [2.45, 2.75) is 52.0 Å². The number of carboxylic acid groups (broad SMARTS) is 1.